The summed E-state index contributed by atoms with van der Waals surface area (Å²) < 4.78 is 39.9. The van der Waals surface area contributed by atoms with Gasteiger partial charge in [-0.2, -0.15) is 5.10 Å². The molecule has 1 fully saturated rings. The van der Waals surface area contributed by atoms with E-state index in [0.29, 0.717) is 22.7 Å². The third-order valence-electron chi connectivity index (χ3n) is 6.86. The molecule has 0 spiro atoms. The van der Waals surface area contributed by atoms with E-state index in [0.717, 1.165) is 65.4 Å². The van der Waals surface area contributed by atoms with Crippen molar-refractivity contribution in [2.45, 2.75) is 25.3 Å². The van der Waals surface area contributed by atoms with Gasteiger partial charge in [0.05, 0.1) is 29.4 Å². The van der Waals surface area contributed by atoms with E-state index >= 15 is 0 Å². The number of H-pyrrole nitrogens is 2. The average molecular weight is 520 g/mol. The maximum absolute atomic E-state index is 14.5. The van der Waals surface area contributed by atoms with Gasteiger partial charge in [0.15, 0.2) is 5.65 Å². The zero-order valence-electron chi connectivity index (χ0n) is 20.2. The highest BCUT2D eigenvalue weighted by Gasteiger charge is 2.19. The lowest BCUT2D eigenvalue weighted by Crippen LogP contribution is -2.26. The van der Waals surface area contributed by atoms with E-state index in [2.05, 4.69) is 41.3 Å². The Hall–Kier alpha value is -3.67. The van der Waals surface area contributed by atoms with Crippen LogP contribution in [0, 0.1) is 5.82 Å². The summed E-state index contributed by atoms with van der Waals surface area (Å²) in [6, 6.07) is 8.69. The molecule has 190 valence electrons. The van der Waals surface area contributed by atoms with Gasteiger partial charge in [-0.25, -0.2) is 22.5 Å². The molecule has 1 aromatic carbocycles. The summed E-state index contributed by atoms with van der Waals surface area (Å²) >= 11 is 0. The molecule has 1 aliphatic rings. The van der Waals surface area contributed by atoms with E-state index in [1.54, 1.807) is 18.5 Å². The lowest BCUT2D eigenvalue weighted by molar-refractivity contribution is 0.460. The van der Waals surface area contributed by atoms with Crippen LogP contribution in [0.25, 0.3) is 44.5 Å². The van der Waals surface area contributed by atoms with Crippen molar-refractivity contribution in [3.05, 3.63) is 65.9 Å². The Morgan fingerprint density at radius 1 is 1.05 bits per heavy atom. The summed E-state index contributed by atoms with van der Waals surface area (Å²) in [5.41, 5.74) is 6.17. The molecule has 0 saturated carbocycles. The monoisotopic (exact) mass is 519 g/mol. The third kappa shape index (κ3) is 4.85. The number of aromatic nitrogens is 5. The highest BCUT2D eigenvalue weighted by atomic mass is 32.2. The van der Waals surface area contributed by atoms with E-state index < -0.39 is 15.8 Å². The number of benzene rings is 1. The molecular formula is C26H26FN7O2S. The molecule has 11 heteroatoms. The van der Waals surface area contributed by atoms with Crippen LogP contribution < -0.4 is 10.0 Å². The minimum absolute atomic E-state index is 0.00207. The number of piperidine rings is 1. The lowest BCUT2D eigenvalue weighted by atomic mass is 9.91. The van der Waals surface area contributed by atoms with Gasteiger partial charge in [-0.1, -0.05) is 0 Å². The molecule has 0 unspecified atom stereocenters. The number of hydrogen-bond donors (Lipinski definition) is 4. The van der Waals surface area contributed by atoms with Gasteiger partial charge in [0.2, 0.25) is 10.0 Å². The Kier molecular flexibility index (Phi) is 5.98. The summed E-state index contributed by atoms with van der Waals surface area (Å²) in [7, 11) is -3.41. The Labute approximate surface area is 213 Å². The van der Waals surface area contributed by atoms with Crippen LogP contribution in [0.1, 0.15) is 29.9 Å². The second kappa shape index (κ2) is 9.33. The fourth-order valence-corrected chi connectivity index (χ4v) is 5.47. The predicted molar refractivity (Wildman–Crippen MR) is 141 cm³/mol. The molecule has 0 radical (unpaired) electrons. The number of pyridine rings is 2. The Bertz CT molecular complexity index is 1720. The van der Waals surface area contributed by atoms with Crippen LogP contribution in [0.15, 0.2) is 48.9 Å². The number of halogens is 1. The summed E-state index contributed by atoms with van der Waals surface area (Å²) in [6.45, 7) is 2.01. The quantitative estimate of drug-likeness (QED) is 0.270. The van der Waals surface area contributed by atoms with Crippen LogP contribution in [-0.4, -0.2) is 52.9 Å². The summed E-state index contributed by atoms with van der Waals surface area (Å²) in [6.07, 6.45) is 8.57. The predicted octanol–water partition coefficient (Wildman–Crippen LogP) is 3.82. The first-order valence-electron chi connectivity index (χ1n) is 12.1. The van der Waals surface area contributed by atoms with Crippen LogP contribution in [0.5, 0.6) is 0 Å². The van der Waals surface area contributed by atoms with Crippen LogP contribution in [-0.2, 0) is 16.6 Å². The molecule has 0 aliphatic carbocycles. The molecule has 0 atom stereocenters. The molecule has 5 aromatic rings. The van der Waals surface area contributed by atoms with E-state index in [9.17, 15) is 12.8 Å². The number of aromatic amines is 2. The standard InChI is InChI=1S/C26H26FN7O2S/c1-37(35,36)31-11-15-6-17(8-19(27)7-15)22-13-29-14-24-20(22)10-23(32-24)25-21-9-18(12-30-26(21)34-33-25)16-2-4-28-5-3-16/h6-10,12-14,16,28,31-32H,2-5,11H2,1H3,(H,30,33,34). The molecule has 0 bridgehead atoms. The fraction of sp³-hybridized carbons (Fsp3) is 0.269. The molecule has 4 N–H and O–H groups in total. The van der Waals surface area contributed by atoms with Crippen molar-refractivity contribution in [1.29, 1.82) is 0 Å². The number of hydrogen-bond acceptors (Lipinski definition) is 6. The van der Waals surface area contributed by atoms with E-state index in [1.165, 1.54) is 17.7 Å². The molecule has 4 aromatic heterocycles. The van der Waals surface area contributed by atoms with Gasteiger partial charge < -0.3 is 10.3 Å². The number of sulfonamides is 1. The molecule has 1 aliphatic heterocycles. The molecule has 9 nitrogen and oxygen atoms in total. The minimum Gasteiger partial charge on any atom is -0.352 e. The second-order valence-corrected chi connectivity index (χ2v) is 11.4. The topological polar surface area (TPSA) is 128 Å². The second-order valence-electron chi connectivity index (χ2n) is 9.54. The molecule has 37 heavy (non-hydrogen) atoms. The molecule has 5 heterocycles. The van der Waals surface area contributed by atoms with Crippen molar-refractivity contribution in [3.8, 4) is 22.5 Å². The number of rotatable bonds is 6. The van der Waals surface area contributed by atoms with Crippen molar-refractivity contribution in [2.24, 2.45) is 0 Å². The minimum atomic E-state index is -3.41. The van der Waals surface area contributed by atoms with Crippen LogP contribution in [0.3, 0.4) is 0 Å². The van der Waals surface area contributed by atoms with Crippen molar-refractivity contribution in [2.75, 3.05) is 19.3 Å². The first kappa shape index (κ1) is 23.7. The molecule has 0 amide bonds. The van der Waals surface area contributed by atoms with Gasteiger partial charge >= 0.3 is 0 Å². The van der Waals surface area contributed by atoms with Crippen LogP contribution in [0.2, 0.25) is 0 Å². The molecular weight excluding hydrogens is 493 g/mol. The van der Waals surface area contributed by atoms with Gasteiger partial charge in [0, 0.05) is 35.3 Å². The van der Waals surface area contributed by atoms with E-state index in [-0.39, 0.29) is 6.54 Å². The van der Waals surface area contributed by atoms with Crippen molar-refractivity contribution >= 4 is 32.0 Å². The lowest BCUT2D eigenvalue weighted by Gasteiger charge is -2.22. The van der Waals surface area contributed by atoms with Crippen LogP contribution >= 0.6 is 0 Å². The average Bonchev–Trinajstić information content (AvgIpc) is 3.51. The van der Waals surface area contributed by atoms with Gasteiger partial charge in [-0.3, -0.25) is 10.1 Å². The normalized spacial score (nSPS) is 15.1. The zero-order valence-corrected chi connectivity index (χ0v) is 21.0. The van der Waals surface area contributed by atoms with Crippen molar-refractivity contribution < 1.29 is 12.8 Å². The first-order chi connectivity index (χ1) is 17.8. The number of fused-ring (bicyclic) bond motifs is 2. The highest BCUT2D eigenvalue weighted by molar-refractivity contribution is 7.88. The first-order valence-corrected chi connectivity index (χ1v) is 14.0. The summed E-state index contributed by atoms with van der Waals surface area (Å²) in [5.74, 6) is 0.0189. The largest absolute Gasteiger partial charge is 0.352 e. The van der Waals surface area contributed by atoms with Gasteiger partial charge in [-0.05, 0) is 78.9 Å². The number of nitrogens with zero attached hydrogens (tertiary/aromatic N) is 3. The Balaban J connectivity index is 1.40. The fourth-order valence-electron chi connectivity index (χ4n) is 5.04. The van der Waals surface area contributed by atoms with Crippen molar-refractivity contribution in [1.82, 2.24) is 35.2 Å². The maximum Gasteiger partial charge on any atom is 0.209 e. The maximum atomic E-state index is 14.5. The van der Waals surface area contributed by atoms with E-state index in [1.807, 2.05) is 12.3 Å². The highest BCUT2D eigenvalue weighted by Crippen LogP contribution is 2.35. The van der Waals surface area contributed by atoms with Crippen molar-refractivity contribution in [3.63, 3.8) is 0 Å². The Morgan fingerprint density at radius 3 is 2.70 bits per heavy atom. The van der Waals surface area contributed by atoms with Gasteiger partial charge in [0.25, 0.3) is 0 Å². The van der Waals surface area contributed by atoms with Gasteiger partial charge in [0.1, 0.15) is 5.82 Å². The molecule has 6 rings (SSSR count). The number of nitrogens with one attached hydrogen (secondary N) is 4. The van der Waals surface area contributed by atoms with Gasteiger partial charge in [-0.15, -0.1) is 0 Å². The summed E-state index contributed by atoms with van der Waals surface area (Å²) in [4.78, 5) is 12.4. The van der Waals surface area contributed by atoms with E-state index in [4.69, 9.17) is 0 Å². The summed E-state index contributed by atoms with van der Waals surface area (Å²) in [5, 5.41) is 12.7. The molecule has 1 saturated heterocycles. The zero-order chi connectivity index (χ0) is 25.6. The Morgan fingerprint density at radius 2 is 1.89 bits per heavy atom. The SMILES string of the molecule is CS(=O)(=O)NCc1cc(F)cc(-c2cncc3[nH]c(-c4[nH]nc5ncc(C6CCNCC6)cc45)cc23)c1. The smallest absolute Gasteiger partial charge is 0.209 e. The van der Waals surface area contributed by atoms with Crippen LogP contribution in [0.4, 0.5) is 4.39 Å². The third-order valence-corrected chi connectivity index (χ3v) is 7.53.